The largest absolute Gasteiger partial charge is 0.349 e. The summed E-state index contributed by atoms with van der Waals surface area (Å²) in [7, 11) is 2.03. The molecule has 0 spiro atoms. The third-order valence-electron chi connectivity index (χ3n) is 2.39. The normalized spacial score (nSPS) is 11.5. The van der Waals surface area contributed by atoms with Gasteiger partial charge in [-0.05, 0) is 34.0 Å². The number of pyridine rings is 1. The van der Waals surface area contributed by atoms with E-state index >= 15 is 0 Å². The standard InChI is InChI=1S/C11H13BrN2/c1-7(2)11-8(12)6-10-9(13-11)4-5-14(10)3/h4-7H,1-3H3. The molecule has 0 fully saturated rings. The van der Waals surface area contributed by atoms with E-state index in [9.17, 15) is 0 Å². The van der Waals surface area contributed by atoms with Gasteiger partial charge >= 0.3 is 0 Å². The highest BCUT2D eigenvalue weighted by Crippen LogP contribution is 2.26. The van der Waals surface area contributed by atoms with Gasteiger partial charge in [0.05, 0.1) is 16.7 Å². The summed E-state index contributed by atoms with van der Waals surface area (Å²) >= 11 is 3.56. The first kappa shape index (κ1) is 9.71. The fraction of sp³-hybridized carbons (Fsp3) is 0.364. The number of aryl methyl sites for hydroxylation is 1. The Bertz CT molecular complexity index is 471. The van der Waals surface area contributed by atoms with E-state index in [4.69, 9.17) is 0 Å². The Hall–Kier alpha value is -0.830. The van der Waals surface area contributed by atoms with E-state index < -0.39 is 0 Å². The quantitative estimate of drug-likeness (QED) is 0.761. The number of aromatic nitrogens is 2. The van der Waals surface area contributed by atoms with Crippen LogP contribution in [0.25, 0.3) is 11.0 Å². The molecule has 0 saturated carbocycles. The van der Waals surface area contributed by atoms with Crippen molar-refractivity contribution in [3.63, 3.8) is 0 Å². The van der Waals surface area contributed by atoms with Gasteiger partial charge in [0.2, 0.25) is 0 Å². The zero-order chi connectivity index (χ0) is 10.3. The summed E-state index contributed by atoms with van der Waals surface area (Å²) in [6.45, 7) is 4.31. The first-order valence-electron chi connectivity index (χ1n) is 4.71. The molecule has 0 aliphatic carbocycles. The Kier molecular flexibility index (Phi) is 2.35. The number of nitrogens with zero attached hydrogens (tertiary/aromatic N) is 2. The topological polar surface area (TPSA) is 17.8 Å². The highest BCUT2D eigenvalue weighted by Gasteiger charge is 2.09. The van der Waals surface area contributed by atoms with Crippen LogP contribution in [0.4, 0.5) is 0 Å². The van der Waals surface area contributed by atoms with E-state index in [-0.39, 0.29) is 0 Å². The zero-order valence-corrected chi connectivity index (χ0v) is 10.2. The Morgan fingerprint density at radius 1 is 1.43 bits per heavy atom. The number of halogens is 1. The van der Waals surface area contributed by atoms with Crippen molar-refractivity contribution in [2.24, 2.45) is 7.05 Å². The molecular weight excluding hydrogens is 240 g/mol. The number of hydrogen-bond donors (Lipinski definition) is 0. The molecule has 0 radical (unpaired) electrons. The summed E-state index contributed by atoms with van der Waals surface area (Å²) in [5.41, 5.74) is 3.37. The van der Waals surface area contributed by atoms with Crippen molar-refractivity contribution in [1.82, 2.24) is 9.55 Å². The molecule has 2 aromatic heterocycles. The first-order chi connectivity index (χ1) is 6.59. The lowest BCUT2D eigenvalue weighted by atomic mass is 10.1. The maximum Gasteiger partial charge on any atom is 0.0885 e. The second kappa shape index (κ2) is 3.39. The minimum Gasteiger partial charge on any atom is -0.349 e. The maximum absolute atomic E-state index is 4.63. The number of rotatable bonds is 1. The lowest BCUT2D eigenvalue weighted by Crippen LogP contribution is -1.95. The van der Waals surface area contributed by atoms with E-state index in [0.717, 1.165) is 15.7 Å². The summed E-state index contributed by atoms with van der Waals surface area (Å²) in [6, 6.07) is 4.19. The van der Waals surface area contributed by atoms with Crippen molar-refractivity contribution in [1.29, 1.82) is 0 Å². The summed E-state index contributed by atoms with van der Waals surface area (Å²) < 4.78 is 3.18. The van der Waals surface area contributed by atoms with Crippen molar-refractivity contribution in [2.45, 2.75) is 19.8 Å². The maximum atomic E-state index is 4.63. The molecule has 2 nitrogen and oxygen atoms in total. The molecule has 2 heterocycles. The molecule has 14 heavy (non-hydrogen) atoms. The molecule has 2 aromatic rings. The summed E-state index contributed by atoms with van der Waals surface area (Å²) in [5.74, 6) is 0.453. The van der Waals surface area contributed by atoms with Crippen LogP contribution in [0.5, 0.6) is 0 Å². The molecule has 0 aliphatic rings. The molecule has 0 atom stereocenters. The lowest BCUT2D eigenvalue weighted by molar-refractivity contribution is 0.822. The van der Waals surface area contributed by atoms with Gasteiger partial charge in [0, 0.05) is 17.7 Å². The van der Waals surface area contributed by atoms with Crippen molar-refractivity contribution in [3.05, 3.63) is 28.5 Å². The van der Waals surface area contributed by atoms with Gasteiger partial charge < -0.3 is 4.57 Å². The van der Waals surface area contributed by atoms with Crippen LogP contribution in [0.2, 0.25) is 0 Å². The Morgan fingerprint density at radius 2 is 2.14 bits per heavy atom. The Morgan fingerprint density at radius 3 is 2.79 bits per heavy atom. The fourth-order valence-corrected chi connectivity index (χ4v) is 2.34. The SMILES string of the molecule is CC(C)c1nc2ccn(C)c2cc1Br. The molecular formula is C11H13BrN2. The lowest BCUT2D eigenvalue weighted by Gasteiger charge is -2.07. The smallest absolute Gasteiger partial charge is 0.0885 e. The average Bonchev–Trinajstić information content (AvgIpc) is 2.46. The minimum atomic E-state index is 0.453. The van der Waals surface area contributed by atoms with Crippen LogP contribution in [-0.2, 0) is 7.05 Å². The van der Waals surface area contributed by atoms with Crippen LogP contribution >= 0.6 is 15.9 Å². The molecule has 0 amide bonds. The van der Waals surface area contributed by atoms with Crippen LogP contribution in [0.3, 0.4) is 0 Å². The second-order valence-electron chi connectivity index (χ2n) is 3.84. The van der Waals surface area contributed by atoms with E-state index in [0.29, 0.717) is 5.92 Å². The van der Waals surface area contributed by atoms with Gasteiger partial charge in [-0.3, -0.25) is 0 Å². The number of fused-ring (bicyclic) bond motifs is 1. The van der Waals surface area contributed by atoms with Gasteiger partial charge in [-0.2, -0.15) is 0 Å². The monoisotopic (exact) mass is 252 g/mol. The molecule has 0 aromatic carbocycles. The molecule has 0 N–H and O–H groups in total. The highest BCUT2D eigenvalue weighted by atomic mass is 79.9. The van der Waals surface area contributed by atoms with E-state index in [1.54, 1.807) is 0 Å². The first-order valence-corrected chi connectivity index (χ1v) is 5.50. The van der Waals surface area contributed by atoms with Gasteiger partial charge in [-0.15, -0.1) is 0 Å². The average molecular weight is 253 g/mol. The number of hydrogen-bond acceptors (Lipinski definition) is 1. The van der Waals surface area contributed by atoms with Crippen LogP contribution in [0.1, 0.15) is 25.5 Å². The second-order valence-corrected chi connectivity index (χ2v) is 4.70. The molecule has 74 valence electrons. The predicted molar refractivity (Wildman–Crippen MR) is 62.5 cm³/mol. The Labute approximate surface area is 92.1 Å². The predicted octanol–water partition coefficient (Wildman–Crippen LogP) is 3.46. The highest BCUT2D eigenvalue weighted by molar-refractivity contribution is 9.10. The van der Waals surface area contributed by atoms with Crippen molar-refractivity contribution in [3.8, 4) is 0 Å². The summed E-state index contributed by atoms with van der Waals surface area (Å²) in [4.78, 5) is 4.63. The molecule has 3 heteroatoms. The van der Waals surface area contributed by atoms with Crippen LogP contribution in [0, 0.1) is 0 Å². The molecule has 0 bridgehead atoms. The fourth-order valence-electron chi connectivity index (χ4n) is 1.58. The molecule has 0 saturated heterocycles. The zero-order valence-electron chi connectivity index (χ0n) is 8.58. The Balaban J connectivity index is 2.72. The summed E-state index contributed by atoms with van der Waals surface area (Å²) in [6.07, 6.45) is 2.04. The van der Waals surface area contributed by atoms with Gasteiger partial charge in [0.1, 0.15) is 0 Å². The third-order valence-corrected chi connectivity index (χ3v) is 3.03. The van der Waals surface area contributed by atoms with Crippen molar-refractivity contribution < 1.29 is 0 Å². The van der Waals surface area contributed by atoms with E-state index in [1.807, 2.05) is 19.3 Å². The van der Waals surface area contributed by atoms with Gasteiger partial charge in [0.25, 0.3) is 0 Å². The van der Waals surface area contributed by atoms with Crippen molar-refractivity contribution in [2.75, 3.05) is 0 Å². The van der Waals surface area contributed by atoms with Gasteiger partial charge in [0.15, 0.2) is 0 Å². The van der Waals surface area contributed by atoms with Gasteiger partial charge in [-0.25, -0.2) is 4.98 Å². The molecule has 2 rings (SSSR count). The minimum absolute atomic E-state index is 0.453. The summed E-state index contributed by atoms with van der Waals surface area (Å²) in [5, 5.41) is 0. The van der Waals surface area contributed by atoms with Crippen LogP contribution < -0.4 is 0 Å². The molecule has 0 unspecified atom stereocenters. The molecule has 0 aliphatic heterocycles. The van der Waals surface area contributed by atoms with Crippen LogP contribution in [0.15, 0.2) is 22.8 Å². The van der Waals surface area contributed by atoms with Gasteiger partial charge in [-0.1, -0.05) is 13.8 Å². The van der Waals surface area contributed by atoms with Crippen molar-refractivity contribution >= 4 is 27.0 Å². The third kappa shape index (κ3) is 1.46. The van der Waals surface area contributed by atoms with Crippen LogP contribution in [-0.4, -0.2) is 9.55 Å². The van der Waals surface area contributed by atoms with E-state index in [1.165, 1.54) is 5.52 Å². The van der Waals surface area contributed by atoms with E-state index in [2.05, 4.69) is 45.4 Å².